The first-order valence-corrected chi connectivity index (χ1v) is 15.0. The van der Waals surface area contributed by atoms with Crippen molar-refractivity contribution in [3.63, 3.8) is 0 Å². The first-order chi connectivity index (χ1) is 19.4. The molecule has 41 heavy (non-hydrogen) atoms. The summed E-state index contributed by atoms with van der Waals surface area (Å²) in [4.78, 5) is 28.9. The minimum atomic E-state index is -4.23. The van der Waals surface area contributed by atoms with Gasteiger partial charge in [-0.2, -0.15) is 0 Å². The normalized spacial score (nSPS) is 12.3. The van der Waals surface area contributed by atoms with Crippen molar-refractivity contribution >= 4 is 27.5 Å². The lowest BCUT2D eigenvalue weighted by molar-refractivity contribution is -0.141. The zero-order valence-corrected chi connectivity index (χ0v) is 24.9. The Hall–Kier alpha value is -3.92. The van der Waals surface area contributed by atoms with Gasteiger partial charge in [0, 0.05) is 12.1 Å². The third-order valence-electron chi connectivity index (χ3n) is 6.19. The van der Waals surface area contributed by atoms with Crippen LogP contribution in [0.3, 0.4) is 0 Å². The van der Waals surface area contributed by atoms with E-state index in [0.717, 1.165) is 4.31 Å². The maximum absolute atomic E-state index is 14.1. The van der Waals surface area contributed by atoms with Gasteiger partial charge in [-0.1, -0.05) is 49.4 Å². The zero-order valence-electron chi connectivity index (χ0n) is 24.1. The van der Waals surface area contributed by atoms with Crippen LogP contribution in [0, 0.1) is 5.82 Å². The summed E-state index contributed by atoms with van der Waals surface area (Å²) in [5, 5.41) is 2.92. The molecule has 1 N–H and O–H groups in total. The molecule has 0 aliphatic heterocycles. The Balaban J connectivity index is 2.10. The number of nitrogens with one attached hydrogen (secondary N) is 1. The van der Waals surface area contributed by atoms with Crippen LogP contribution in [-0.4, -0.2) is 49.9 Å². The first kappa shape index (κ1) is 31.6. The van der Waals surface area contributed by atoms with Crippen molar-refractivity contribution in [1.29, 1.82) is 0 Å². The minimum absolute atomic E-state index is 0.00158. The maximum atomic E-state index is 14.1. The first-order valence-electron chi connectivity index (χ1n) is 13.5. The molecule has 0 radical (unpaired) electrons. The molecule has 3 aromatic carbocycles. The Kier molecular flexibility index (Phi) is 10.5. The summed E-state index contributed by atoms with van der Waals surface area (Å²) in [6.07, 6.45) is 0.274. The highest BCUT2D eigenvalue weighted by Gasteiger charge is 2.35. The Morgan fingerprint density at radius 2 is 1.54 bits per heavy atom. The second-order valence-corrected chi connectivity index (χ2v) is 12.4. The van der Waals surface area contributed by atoms with Gasteiger partial charge in [0.05, 0.1) is 17.2 Å². The molecule has 0 aromatic heterocycles. The molecule has 0 spiro atoms. The molecule has 0 heterocycles. The molecule has 0 aliphatic rings. The van der Waals surface area contributed by atoms with Crippen LogP contribution in [-0.2, 0) is 26.2 Å². The highest BCUT2D eigenvalue weighted by Crippen LogP contribution is 2.33. The summed E-state index contributed by atoms with van der Waals surface area (Å²) in [7, 11) is -4.23. The Labute approximate surface area is 242 Å². The van der Waals surface area contributed by atoms with E-state index in [1.807, 2.05) is 20.8 Å². The topological polar surface area (TPSA) is 96.0 Å². The molecule has 0 saturated carbocycles. The zero-order chi connectivity index (χ0) is 30.2. The van der Waals surface area contributed by atoms with Crippen LogP contribution in [0.4, 0.5) is 10.1 Å². The van der Waals surface area contributed by atoms with Crippen molar-refractivity contribution in [2.24, 2.45) is 0 Å². The fourth-order valence-electron chi connectivity index (χ4n) is 4.33. The monoisotopic (exact) mass is 583 g/mol. The van der Waals surface area contributed by atoms with Gasteiger partial charge in [0.2, 0.25) is 11.8 Å². The number of hydrogen-bond acceptors (Lipinski definition) is 5. The predicted octanol–water partition coefficient (Wildman–Crippen LogP) is 5.14. The average Bonchev–Trinajstić information content (AvgIpc) is 2.92. The van der Waals surface area contributed by atoms with Crippen molar-refractivity contribution in [2.75, 3.05) is 17.5 Å². The molecule has 0 fully saturated rings. The molecule has 0 saturated heterocycles. The van der Waals surface area contributed by atoms with Crippen LogP contribution in [0.25, 0.3) is 0 Å². The van der Waals surface area contributed by atoms with E-state index >= 15 is 0 Å². The highest BCUT2D eigenvalue weighted by atomic mass is 32.2. The van der Waals surface area contributed by atoms with Gasteiger partial charge in [-0.05, 0) is 76.1 Å². The molecule has 220 valence electrons. The molecule has 0 unspecified atom stereocenters. The van der Waals surface area contributed by atoms with Crippen LogP contribution < -0.4 is 14.4 Å². The molecule has 0 aliphatic carbocycles. The van der Waals surface area contributed by atoms with Gasteiger partial charge in [-0.3, -0.25) is 13.9 Å². The maximum Gasteiger partial charge on any atom is 0.264 e. The summed E-state index contributed by atoms with van der Waals surface area (Å²) in [5.74, 6) is -1.11. The van der Waals surface area contributed by atoms with Crippen LogP contribution in [0.15, 0.2) is 83.8 Å². The molecule has 2 amide bonds. The SMILES string of the molecule is CCOc1ccccc1N(CC(=O)N(Cc1ccc(F)cc1)[C@@H](CC)C(=O)NC(C)(C)C)S(=O)(=O)c1ccccc1. The fraction of sp³-hybridized carbons (Fsp3) is 0.355. The van der Waals surface area contributed by atoms with E-state index in [-0.39, 0.29) is 36.1 Å². The molecular formula is C31H38FN3O5S. The van der Waals surface area contributed by atoms with Crippen LogP contribution in [0.5, 0.6) is 5.75 Å². The third-order valence-corrected chi connectivity index (χ3v) is 7.97. The Morgan fingerprint density at radius 3 is 2.12 bits per heavy atom. The van der Waals surface area contributed by atoms with Crippen LogP contribution in [0.2, 0.25) is 0 Å². The molecule has 3 aromatic rings. The molecule has 8 nitrogen and oxygen atoms in total. The second-order valence-electron chi connectivity index (χ2n) is 10.5. The molecule has 0 bridgehead atoms. The number of sulfonamides is 1. The molecular weight excluding hydrogens is 545 g/mol. The lowest BCUT2D eigenvalue weighted by atomic mass is 10.1. The summed E-state index contributed by atoms with van der Waals surface area (Å²) in [5.41, 5.74) is 0.225. The summed E-state index contributed by atoms with van der Waals surface area (Å²) >= 11 is 0. The van der Waals surface area contributed by atoms with Crippen molar-refractivity contribution in [3.8, 4) is 5.75 Å². The second kappa shape index (κ2) is 13.6. The highest BCUT2D eigenvalue weighted by molar-refractivity contribution is 7.92. The number of ether oxygens (including phenoxy) is 1. The number of anilines is 1. The van der Waals surface area contributed by atoms with E-state index in [9.17, 15) is 22.4 Å². The van der Waals surface area contributed by atoms with Gasteiger partial charge in [-0.25, -0.2) is 12.8 Å². The Bertz CT molecular complexity index is 1420. The van der Waals surface area contributed by atoms with E-state index in [0.29, 0.717) is 11.3 Å². The largest absolute Gasteiger partial charge is 0.492 e. The van der Waals surface area contributed by atoms with Gasteiger partial charge in [0.15, 0.2) is 0 Å². The number of rotatable bonds is 12. The molecule has 1 atom stereocenters. The van der Waals surface area contributed by atoms with Gasteiger partial charge in [-0.15, -0.1) is 0 Å². The summed E-state index contributed by atoms with van der Waals surface area (Å²) < 4.78 is 48.4. The molecule has 10 heteroatoms. The Morgan fingerprint density at radius 1 is 0.927 bits per heavy atom. The van der Waals surface area contributed by atoms with Crippen molar-refractivity contribution in [3.05, 3.63) is 90.2 Å². The van der Waals surface area contributed by atoms with E-state index in [1.54, 1.807) is 56.3 Å². The van der Waals surface area contributed by atoms with Gasteiger partial charge < -0.3 is 15.0 Å². The van der Waals surface area contributed by atoms with Crippen LogP contribution >= 0.6 is 0 Å². The van der Waals surface area contributed by atoms with Crippen molar-refractivity contribution < 1.29 is 27.1 Å². The third kappa shape index (κ3) is 8.29. The minimum Gasteiger partial charge on any atom is -0.492 e. The number of hydrogen-bond donors (Lipinski definition) is 1. The number of carbonyl (C=O) groups is 2. The lowest BCUT2D eigenvalue weighted by Gasteiger charge is -2.35. The number of amides is 2. The summed E-state index contributed by atoms with van der Waals surface area (Å²) in [6, 6.07) is 19.1. The van der Waals surface area contributed by atoms with Crippen LogP contribution in [0.1, 0.15) is 46.6 Å². The van der Waals surface area contributed by atoms with E-state index in [4.69, 9.17) is 4.74 Å². The number of nitrogens with zero attached hydrogens (tertiary/aromatic N) is 2. The number of halogens is 1. The van der Waals surface area contributed by atoms with E-state index in [1.165, 1.54) is 41.3 Å². The number of carbonyl (C=O) groups excluding carboxylic acids is 2. The number of benzene rings is 3. The van der Waals surface area contributed by atoms with Crippen molar-refractivity contribution in [1.82, 2.24) is 10.2 Å². The van der Waals surface area contributed by atoms with E-state index in [2.05, 4.69) is 5.32 Å². The van der Waals surface area contributed by atoms with Crippen molar-refractivity contribution in [2.45, 2.75) is 64.1 Å². The molecule has 3 rings (SSSR count). The summed E-state index contributed by atoms with van der Waals surface area (Å²) in [6.45, 7) is 8.73. The fourth-order valence-corrected chi connectivity index (χ4v) is 5.78. The van der Waals surface area contributed by atoms with E-state index < -0.39 is 39.9 Å². The lowest BCUT2D eigenvalue weighted by Crippen LogP contribution is -2.55. The van der Waals surface area contributed by atoms with Gasteiger partial charge in [0.25, 0.3) is 10.0 Å². The van der Waals surface area contributed by atoms with Gasteiger partial charge in [0.1, 0.15) is 24.2 Å². The predicted molar refractivity (Wildman–Crippen MR) is 158 cm³/mol. The smallest absolute Gasteiger partial charge is 0.264 e. The average molecular weight is 584 g/mol. The van der Waals surface area contributed by atoms with Gasteiger partial charge >= 0.3 is 0 Å². The number of para-hydroxylation sites is 2. The standard InChI is InChI=1S/C31H38FN3O5S/c1-6-26(30(37)33-31(3,4)5)34(21-23-17-19-24(32)20-18-23)29(36)22-35(27-15-11-12-16-28(27)40-7-2)41(38,39)25-13-9-8-10-14-25/h8-20,26H,6-7,21-22H2,1-5H3,(H,33,37)/t26-/m0/s1. The quantitative estimate of drug-likeness (QED) is 0.319.